The summed E-state index contributed by atoms with van der Waals surface area (Å²) in [5.74, 6) is 0.381. The van der Waals surface area contributed by atoms with Gasteiger partial charge in [0.1, 0.15) is 16.5 Å². The molecule has 0 aliphatic heterocycles. The van der Waals surface area contributed by atoms with Gasteiger partial charge in [0.15, 0.2) is 0 Å². The summed E-state index contributed by atoms with van der Waals surface area (Å²) in [6, 6.07) is 5.82. The summed E-state index contributed by atoms with van der Waals surface area (Å²) in [4.78, 5) is 13.6. The molecule has 0 aliphatic rings. The Labute approximate surface area is 130 Å². The zero-order valence-electron chi connectivity index (χ0n) is 12.4. The maximum atomic E-state index is 13.2. The van der Waals surface area contributed by atoms with Crippen LogP contribution >= 0.6 is 11.3 Å². The summed E-state index contributed by atoms with van der Waals surface area (Å²) in [6.45, 7) is 5.92. The van der Waals surface area contributed by atoms with Crippen LogP contribution in [-0.2, 0) is 0 Å². The number of rotatable bonds is 3. The Morgan fingerprint density at radius 2 is 2.14 bits per heavy atom. The van der Waals surface area contributed by atoms with Gasteiger partial charge >= 0.3 is 0 Å². The number of thiazole rings is 1. The SMILES string of the molecule is Cc1c(C(=O)Nc2cccc(F)c2)sc2nnc(C(C)C)n12. The van der Waals surface area contributed by atoms with Crippen LogP contribution < -0.4 is 5.32 Å². The Hall–Kier alpha value is -2.28. The quantitative estimate of drug-likeness (QED) is 0.802. The number of carbonyl (C=O) groups excluding carboxylic acids is 1. The first-order valence-electron chi connectivity index (χ1n) is 6.88. The molecule has 0 atom stereocenters. The lowest BCUT2D eigenvalue weighted by molar-refractivity contribution is 0.102. The average molecular weight is 318 g/mol. The van der Waals surface area contributed by atoms with Crippen molar-refractivity contribution in [1.29, 1.82) is 0 Å². The summed E-state index contributed by atoms with van der Waals surface area (Å²) in [5.41, 5.74) is 1.22. The highest BCUT2D eigenvalue weighted by Gasteiger charge is 2.21. The minimum atomic E-state index is -0.387. The van der Waals surface area contributed by atoms with Crippen LogP contribution in [0.3, 0.4) is 0 Å². The zero-order chi connectivity index (χ0) is 15.9. The third-order valence-corrected chi connectivity index (χ3v) is 4.45. The molecule has 1 N–H and O–H groups in total. The molecule has 0 aliphatic carbocycles. The van der Waals surface area contributed by atoms with Crippen molar-refractivity contribution < 1.29 is 9.18 Å². The standard InChI is InChI=1S/C15H15FN4OS/c1-8(2)13-18-19-15-20(13)9(3)12(22-15)14(21)17-11-6-4-5-10(16)7-11/h4-8H,1-3H3,(H,17,21). The Bertz CT molecular complexity index is 852. The molecule has 114 valence electrons. The number of carbonyl (C=O) groups is 1. The lowest BCUT2D eigenvalue weighted by Gasteiger charge is -2.05. The van der Waals surface area contributed by atoms with Gasteiger partial charge in [-0.05, 0) is 25.1 Å². The summed E-state index contributed by atoms with van der Waals surface area (Å²) < 4.78 is 15.1. The van der Waals surface area contributed by atoms with E-state index in [1.165, 1.54) is 23.5 Å². The number of amides is 1. The Kier molecular flexibility index (Phi) is 3.66. The molecular weight excluding hydrogens is 303 g/mol. The van der Waals surface area contributed by atoms with Crippen molar-refractivity contribution >= 4 is 27.9 Å². The molecule has 0 spiro atoms. The molecule has 2 aromatic heterocycles. The van der Waals surface area contributed by atoms with Crippen LogP contribution in [0.4, 0.5) is 10.1 Å². The van der Waals surface area contributed by atoms with Gasteiger partial charge in [-0.25, -0.2) is 4.39 Å². The fraction of sp³-hybridized carbons (Fsp3) is 0.267. The summed E-state index contributed by atoms with van der Waals surface area (Å²) in [5, 5.41) is 11.0. The molecule has 7 heteroatoms. The van der Waals surface area contributed by atoms with E-state index in [9.17, 15) is 9.18 Å². The predicted molar refractivity (Wildman–Crippen MR) is 84.0 cm³/mol. The van der Waals surface area contributed by atoms with Gasteiger partial charge in [0.25, 0.3) is 5.91 Å². The minimum Gasteiger partial charge on any atom is -0.321 e. The largest absolute Gasteiger partial charge is 0.321 e. The number of fused-ring (bicyclic) bond motifs is 1. The summed E-state index contributed by atoms with van der Waals surface area (Å²) in [6.07, 6.45) is 0. The van der Waals surface area contributed by atoms with Gasteiger partial charge in [0.2, 0.25) is 4.96 Å². The normalized spacial score (nSPS) is 11.3. The van der Waals surface area contributed by atoms with E-state index in [2.05, 4.69) is 15.5 Å². The molecule has 1 aromatic carbocycles. The fourth-order valence-corrected chi connectivity index (χ4v) is 3.24. The second-order valence-electron chi connectivity index (χ2n) is 5.31. The molecule has 5 nitrogen and oxygen atoms in total. The third-order valence-electron chi connectivity index (χ3n) is 3.32. The van der Waals surface area contributed by atoms with E-state index in [1.54, 1.807) is 12.1 Å². The van der Waals surface area contributed by atoms with Crippen LogP contribution in [0.15, 0.2) is 24.3 Å². The van der Waals surface area contributed by atoms with Crippen molar-refractivity contribution in [2.24, 2.45) is 0 Å². The molecule has 2 heterocycles. The zero-order valence-corrected chi connectivity index (χ0v) is 13.2. The first kappa shape index (κ1) is 14.6. The first-order valence-corrected chi connectivity index (χ1v) is 7.70. The van der Waals surface area contributed by atoms with Crippen molar-refractivity contribution in [3.05, 3.63) is 46.5 Å². The Morgan fingerprint density at radius 1 is 1.36 bits per heavy atom. The summed E-state index contributed by atoms with van der Waals surface area (Å²) >= 11 is 1.28. The molecule has 0 saturated heterocycles. The van der Waals surface area contributed by atoms with Gasteiger partial charge in [0, 0.05) is 17.3 Å². The van der Waals surface area contributed by atoms with Gasteiger partial charge in [-0.3, -0.25) is 9.20 Å². The van der Waals surface area contributed by atoms with Crippen LogP contribution in [0.1, 0.15) is 41.0 Å². The molecule has 1 amide bonds. The number of hydrogen-bond donors (Lipinski definition) is 1. The maximum Gasteiger partial charge on any atom is 0.267 e. The molecule has 0 fully saturated rings. The molecule has 0 unspecified atom stereocenters. The van der Waals surface area contributed by atoms with E-state index in [1.807, 2.05) is 25.2 Å². The van der Waals surface area contributed by atoms with E-state index in [0.29, 0.717) is 15.5 Å². The first-order chi connectivity index (χ1) is 10.5. The van der Waals surface area contributed by atoms with Crippen LogP contribution in [0, 0.1) is 12.7 Å². The molecular formula is C15H15FN4OS. The van der Waals surface area contributed by atoms with Crippen LogP contribution in [0.5, 0.6) is 0 Å². The number of aromatic nitrogens is 3. The van der Waals surface area contributed by atoms with Gasteiger partial charge in [-0.2, -0.15) is 0 Å². The van der Waals surface area contributed by atoms with Gasteiger partial charge in [-0.15, -0.1) is 10.2 Å². The van der Waals surface area contributed by atoms with Gasteiger partial charge < -0.3 is 5.32 Å². The molecule has 3 rings (SSSR count). The van der Waals surface area contributed by atoms with Crippen molar-refractivity contribution in [3.63, 3.8) is 0 Å². The number of halogens is 1. The lowest BCUT2D eigenvalue weighted by atomic mass is 10.2. The van der Waals surface area contributed by atoms with E-state index in [4.69, 9.17) is 0 Å². The molecule has 0 radical (unpaired) electrons. The second-order valence-corrected chi connectivity index (χ2v) is 6.29. The van der Waals surface area contributed by atoms with E-state index in [0.717, 1.165) is 11.5 Å². The molecule has 3 aromatic rings. The van der Waals surface area contributed by atoms with Crippen molar-refractivity contribution in [2.45, 2.75) is 26.7 Å². The monoisotopic (exact) mass is 318 g/mol. The smallest absolute Gasteiger partial charge is 0.267 e. The third kappa shape index (κ3) is 2.48. The topological polar surface area (TPSA) is 59.3 Å². The fourth-order valence-electron chi connectivity index (χ4n) is 2.27. The number of hydrogen-bond acceptors (Lipinski definition) is 4. The predicted octanol–water partition coefficient (Wildman–Crippen LogP) is 3.61. The number of benzene rings is 1. The van der Waals surface area contributed by atoms with Gasteiger partial charge in [-0.1, -0.05) is 31.3 Å². The minimum absolute atomic E-state index is 0.211. The van der Waals surface area contributed by atoms with E-state index in [-0.39, 0.29) is 17.6 Å². The highest BCUT2D eigenvalue weighted by atomic mass is 32.1. The Morgan fingerprint density at radius 3 is 2.82 bits per heavy atom. The highest BCUT2D eigenvalue weighted by molar-refractivity contribution is 7.19. The van der Waals surface area contributed by atoms with Gasteiger partial charge in [0.05, 0.1) is 0 Å². The summed E-state index contributed by atoms with van der Waals surface area (Å²) in [7, 11) is 0. The lowest BCUT2D eigenvalue weighted by Crippen LogP contribution is -2.12. The number of aryl methyl sites for hydroxylation is 1. The van der Waals surface area contributed by atoms with E-state index >= 15 is 0 Å². The van der Waals surface area contributed by atoms with Crippen molar-refractivity contribution in [2.75, 3.05) is 5.32 Å². The second kappa shape index (κ2) is 5.49. The molecule has 0 saturated carbocycles. The Balaban J connectivity index is 1.96. The number of anilines is 1. The molecule has 0 bridgehead atoms. The highest BCUT2D eigenvalue weighted by Crippen LogP contribution is 2.26. The number of nitrogens with one attached hydrogen (secondary N) is 1. The van der Waals surface area contributed by atoms with Crippen molar-refractivity contribution in [1.82, 2.24) is 14.6 Å². The average Bonchev–Trinajstić information content (AvgIpc) is 2.99. The maximum absolute atomic E-state index is 13.2. The van der Waals surface area contributed by atoms with Crippen molar-refractivity contribution in [3.8, 4) is 0 Å². The van der Waals surface area contributed by atoms with Crippen LogP contribution in [0.25, 0.3) is 4.96 Å². The van der Waals surface area contributed by atoms with Crippen LogP contribution in [0.2, 0.25) is 0 Å². The number of nitrogens with zero attached hydrogens (tertiary/aromatic N) is 3. The molecule has 22 heavy (non-hydrogen) atoms. The van der Waals surface area contributed by atoms with Crippen LogP contribution in [-0.4, -0.2) is 20.5 Å². The van der Waals surface area contributed by atoms with E-state index < -0.39 is 0 Å².